The number of benzene rings is 1. The molecule has 0 spiro atoms. The lowest BCUT2D eigenvalue weighted by Crippen LogP contribution is -2.05. The Morgan fingerprint density at radius 1 is 1.31 bits per heavy atom. The Labute approximate surface area is 92.7 Å². The molecule has 0 unspecified atom stereocenters. The fourth-order valence-corrected chi connectivity index (χ4v) is 1.33. The molecule has 84 valence electrons. The Kier molecular flexibility index (Phi) is 2.63. The smallest absolute Gasteiger partial charge is 0.315 e. The summed E-state index contributed by atoms with van der Waals surface area (Å²) in [6.45, 7) is 2.23. The predicted octanol–water partition coefficient (Wildman–Crippen LogP) is 1.15. The van der Waals surface area contributed by atoms with Crippen LogP contribution >= 0.6 is 0 Å². The number of anilines is 3. The number of aromatic nitrogens is 2. The summed E-state index contributed by atoms with van der Waals surface area (Å²) >= 11 is 0. The van der Waals surface area contributed by atoms with Crippen LogP contribution in [0.25, 0.3) is 0 Å². The lowest BCUT2D eigenvalue weighted by atomic mass is 10.1. The van der Waals surface area contributed by atoms with E-state index in [1.807, 2.05) is 12.1 Å². The Bertz CT molecular complexity index is 494. The zero-order valence-corrected chi connectivity index (χ0v) is 8.90. The molecule has 16 heavy (non-hydrogen) atoms. The molecule has 0 atom stereocenters. The van der Waals surface area contributed by atoms with Crippen LogP contribution < -0.4 is 16.8 Å². The predicted molar refractivity (Wildman–Crippen MR) is 61.6 cm³/mol. The molecule has 1 aromatic carbocycles. The molecule has 2 aromatic rings. The van der Waals surface area contributed by atoms with Crippen molar-refractivity contribution in [2.45, 2.75) is 13.5 Å². The average molecular weight is 219 g/mol. The van der Waals surface area contributed by atoms with Crippen LogP contribution in [0.3, 0.4) is 0 Å². The number of para-hydroxylation sites is 1. The van der Waals surface area contributed by atoms with E-state index in [2.05, 4.69) is 15.5 Å². The van der Waals surface area contributed by atoms with Gasteiger partial charge in [-0.3, -0.25) is 0 Å². The molecule has 1 aromatic heterocycles. The number of nitrogens with one attached hydrogen (secondary N) is 1. The van der Waals surface area contributed by atoms with Crippen molar-refractivity contribution in [1.29, 1.82) is 0 Å². The summed E-state index contributed by atoms with van der Waals surface area (Å²) < 4.78 is 5.17. The minimum absolute atomic E-state index is 0.374. The van der Waals surface area contributed by atoms with E-state index in [9.17, 15) is 0 Å². The van der Waals surface area contributed by atoms with Gasteiger partial charge in [0.1, 0.15) is 0 Å². The molecule has 0 aliphatic carbocycles. The summed E-state index contributed by atoms with van der Waals surface area (Å²) in [5.74, 6) is 0.517. The van der Waals surface area contributed by atoms with Gasteiger partial charge in [0.15, 0.2) is 0 Å². The second-order valence-electron chi connectivity index (χ2n) is 3.40. The number of nitrogens with zero attached hydrogens (tertiary/aromatic N) is 2. The summed E-state index contributed by atoms with van der Waals surface area (Å²) in [5, 5.41) is 10.5. The van der Waals surface area contributed by atoms with Gasteiger partial charge >= 0.3 is 6.01 Å². The quantitative estimate of drug-likeness (QED) is 0.669. The highest BCUT2D eigenvalue weighted by molar-refractivity contribution is 5.67. The fourth-order valence-electron chi connectivity index (χ4n) is 1.33. The first-order valence-electron chi connectivity index (χ1n) is 4.83. The largest absolute Gasteiger partial charge is 0.408 e. The highest BCUT2D eigenvalue weighted by Gasteiger charge is 2.04. The van der Waals surface area contributed by atoms with Gasteiger partial charge in [-0.2, -0.15) is 0 Å². The summed E-state index contributed by atoms with van der Waals surface area (Å²) in [6, 6.07) is 5.87. The van der Waals surface area contributed by atoms with Crippen LogP contribution in [0.5, 0.6) is 0 Å². The van der Waals surface area contributed by atoms with E-state index in [4.69, 9.17) is 15.9 Å². The number of hydrogen-bond donors (Lipinski definition) is 3. The first kappa shape index (κ1) is 10.3. The lowest BCUT2D eigenvalue weighted by molar-refractivity contribution is 0.530. The molecular formula is C10H13N5O. The maximum absolute atomic E-state index is 5.82. The molecule has 6 nitrogen and oxygen atoms in total. The number of nitrogen functional groups attached to an aromatic ring is 2. The second kappa shape index (κ2) is 4.09. The van der Waals surface area contributed by atoms with E-state index in [1.54, 1.807) is 13.0 Å². The number of aryl methyl sites for hydroxylation is 1. The van der Waals surface area contributed by atoms with Crippen LogP contribution in [-0.4, -0.2) is 10.2 Å². The molecule has 0 aliphatic heterocycles. The van der Waals surface area contributed by atoms with Gasteiger partial charge in [0.05, 0.1) is 11.4 Å². The second-order valence-corrected chi connectivity index (χ2v) is 3.40. The van der Waals surface area contributed by atoms with Crippen molar-refractivity contribution in [1.82, 2.24) is 10.2 Å². The van der Waals surface area contributed by atoms with Crippen molar-refractivity contribution >= 4 is 17.4 Å². The summed E-state index contributed by atoms with van der Waals surface area (Å²) in [4.78, 5) is 0. The third-order valence-corrected chi connectivity index (χ3v) is 2.19. The third-order valence-electron chi connectivity index (χ3n) is 2.19. The van der Waals surface area contributed by atoms with Crippen molar-refractivity contribution in [2.24, 2.45) is 0 Å². The highest BCUT2D eigenvalue weighted by atomic mass is 16.4. The maximum atomic E-state index is 5.82. The minimum atomic E-state index is 0.374. The first-order chi connectivity index (χ1) is 7.66. The van der Waals surface area contributed by atoms with Gasteiger partial charge in [-0.25, -0.2) is 0 Å². The summed E-state index contributed by atoms with van der Waals surface area (Å²) in [7, 11) is 0. The van der Waals surface area contributed by atoms with Crippen molar-refractivity contribution in [2.75, 3.05) is 16.8 Å². The van der Waals surface area contributed by atoms with Gasteiger partial charge in [-0.05, 0) is 11.6 Å². The van der Waals surface area contributed by atoms with Crippen molar-refractivity contribution in [3.8, 4) is 0 Å². The van der Waals surface area contributed by atoms with Crippen LogP contribution in [-0.2, 0) is 6.54 Å². The van der Waals surface area contributed by atoms with Gasteiger partial charge in [0.25, 0.3) is 0 Å². The SMILES string of the molecule is Cc1nnc(NCc2cccc(N)c2N)o1. The van der Waals surface area contributed by atoms with E-state index in [-0.39, 0.29) is 0 Å². The standard InChI is InChI=1S/C10H13N5O/c1-6-14-15-10(16-6)13-5-7-3-2-4-8(11)9(7)12/h2-4H,5,11-12H2,1H3,(H,13,15). The molecule has 0 saturated carbocycles. The molecule has 5 N–H and O–H groups in total. The van der Waals surface area contributed by atoms with Crippen molar-refractivity contribution in [3.63, 3.8) is 0 Å². The number of hydrogen-bond acceptors (Lipinski definition) is 6. The molecule has 1 heterocycles. The van der Waals surface area contributed by atoms with Gasteiger partial charge in [-0.1, -0.05) is 17.2 Å². The maximum Gasteiger partial charge on any atom is 0.315 e. The molecule has 0 bridgehead atoms. The molecule has 2 rings (SSSR count). The number of nitrogens with two attached hydrogens (primary N) is 2. The monoisotopic (exact) mass is 219 g/mol. The molecule has 0 fully saturated rings. The molecule has 0 amide bonds. The zero-order valence-electron chi connectivity index (χ0n) is 8.90. The molecule has 0 saturated heterocycles. The Morgan fingerprint density at radius 2 is 2.12 bits per heavy atom. The molecular weight excluding hydrogens is 206 g/mol. The highest BCUT2D eigenvalue weighted by Crippen LogP contribution is 2.20. The van der Waals surface area contributed by atoms with Crippen LogP contribution in [0.4, 0.5) is 17.4 Å². The van der Waals surface area contributed by atoms with Crippen molar-refractivity contribution in [3.05, 3.63) is 29.7 Å². The van der Waals surface area contributed by atoms with E-state index in [0.29, 0.717) is 29.8 Å². The van der Waals surface area contributed by atoms with Crippen molar-refractivity contribution < 1.29 is 4.42 Å². The van der Waals surface area contributed by atoms with E-state index >= 15 is 0 Å². The fraction of sp³-hybridized carbons (Fsp3) is 0.200. The van der Waals surface area contributed by atoms with Crippen LogP contribution in [0.15, 0.2) is 22.6 Å². The minimum Gasteiger partial charge on any atom is -0.408 e. The van der Waals surface area contributed by atoms with E-state index in [0.717, 1.165) is 5.56 Å². The Morgan fingerprint density at radius 3 is 2.81 bits per heavy atom. The third kappa shape index (κ3) is 2.05. The average Bonchev–Trinajstić information content (AvgIpc) is 2.67. The van der Waals surface area contributed by atoms with Gasteiger partial charge in [0, 0.05) is 13.5 Å². The van der Waals surface area contributed by atoms with E-state index in [1.165, 1.54) is 0 Å². The summed E-state index contributed by atoms with van der Waals surface area (Å²) in [5.41, 5.74) is 13.6. The van der Waals surface area contributed by atoms with Crippen LogP contribution in [0.2, 0.25) is 0 Å². The Balaban J connectivity index is 2.07. The van der Waals surface area contributed by atoms with E-state index < -0.39 is 0 Å². The topological polar surface area (TPSA) is 103 Å². The normalized spacial score (nSPS) is 10.3. The van der Waals surface area contributed by atoms with Crippen LogP contribution in [0.1, 0.15) is 11.5 Å². The Hall–Kier alpha value is -2.24. The zero-order chi connectivity index (χ0) is 11.5. The van der Waals surface area contributed by atoms with Gasteiger partial charge < -0.3 is 21.2 Å². The molecule has 0 radical (unpaired) electrons. The van der Waals surface area contributed by atoms with Crippen LogP contribution in [0, 0.1) is 6.92 Å². The molecule has 0 aliphatic rings. The van der Waals surface area contributed by atoms with Gasteiger partial charge in [-0.15, -0.1) is 5.10 Å². The number of rotatable bonds is 3. The first-order valence-corrected chi connectivity index (χ1v) is 4.83. The summed E-state index contributed by atoms with van der Waals surface area (Å²) in [6.07, 6.45) is 0. The van der Waals surface area contributed by atoms with Gasteiger partial charge in [0.2, 0.25) is 5.89 Å². The lowest BCUT2D eigenvalue weighted by Gasteiger charge is -2.07. The molecule has 6 heteroatoms.